The van der Waals surface area contributed by atoms with Gasteiger partial charge in [-0.15, -0.1) is 0 Å². The van der Waals surface area contributed by atoms with Gasteiger partial charge in [-0.1, -0.05) is 120 Å². The van der Waals surface area contributed by atoms with Crippen LogP contribution in [0.3, 0.4) is 0 Å². The second kappa shape index (κ2) is 32.2. The number of rotatable bonds is 34. The molecule has 0 saturated carbocycles. The van der Waals surface area contributed by atoms with Gasteiger partial charge in [0.25, 0.3) is 0 Å². The quantitative estimate of drug-likeness (QED) is 0.0136. The average Bonchev–Trinajstić information content (AvgIpc) is 3.52. The third kappa shape index (κ3) is 26.4. The number of phosphoric acid groups is 2. The molecule has 1 aromatic heterocycles. The lowest BCUT2D eigenvalue weighted by molar-refractivity contribution is -0.161. The van der Waals surface area contributed by atoms with Gasteiger partial charge in [0.1, 0.15) is 30.7 Å². The number of nitrogen functional groups attached to an aromatic ring is 1. The molecule has 2 heterocycles. The molecule has 1 aliphatic rings. The minimum absolute atomic E-state index is 0.0141. The molecule has 0 spiro atoms. The average molecular weight is 960 g/mol. The largest absolute Gasteiger partial charge is 0.481 e. The molecule has 2 rings (SSSR count). The summed E-state index contributed by atoms with van der Waals surface area (Å²) >= 11 is 0. The third-order valence-electron chi connectivity index (χ3n) is 9.63. The van der Waals surface area contributed by atoms with Gasteiger partial charge in [-0.2, -0.15) is 9.29 Å². The highest BCUT2D eigenvalue weighted by atomic mass is 31.3. The van der Waals surface area contributed by atoms with Crippen molar-refractivity contribution in [3.63, 3.8) is 0 Å². The van der Waals surface area contributed by atoms with E-state index in [1.165, 1.54) is 6.07 Å². The Morgan fingerprint density at radius 1 is 0.862 bits per heavy atom. The summed E-state index contributed by atoms with van der Waals surface area (Å²) in [6.45, 7) is 4.03. The standard InChI is InChI=1S/C44H71N3O16P2/c1-4-5-6-7-15-20-25-35(48)26-21-16-10-8-9-11-17-22-27-39(49)58-31-36(61-40(50)28-23-18-13-12-14-19-24-34(2)3)32-59-64(54,55)63-65(56,57)60-33-37-41(51)42(52)43(62-37)47-30-29-38(45)46-44(47)53/h5-6,9-11,15-16,20-21,26,29-30,34-37,41-43,48,51-52H,4,7-8,12-14,17-19,22-25,27-28,31-33H2,1-3H3,(H,54,55)(H,56,57)(H2,45,46,53)/b6-5-,11-9-,16-10-,20-15-,26-21+/t35?,36-,37-,41-,42-,43-/m1/s1. The van der Waals surface area contributed by atoms with E-state index in [0.717, 1.165) is 62.1 Å². The number of esters is 2. The smallest absolute Gasteiger partial charge is 0.462 e. The normalized spacial score (nSPS) is 20.9. The van der Waals surface area contributed by atoms with Crippen molar-refractivity contribution in [3.05, 3.63) is 83.5 Å². The van der Waals surface area contributed by atoms with E-state index in [0.29, 0.717) is 38.0 Å². The summed E-state index contributed by atoms with van der Waals surface area (Å²) in [6.07, 6.45) is 22.7. The first-order valence-electron chi connectivity index (χ1n) is 22.3. The summed E-state index contributed by atoms with van der Waals surface area (Å²) in [7, 11) is -10.9. The van der Waals surface area contributed by atoms with E-state index < -0.39 is 89.8 Å². The van der Waals surface area contributed by atoms with Crippen molar-refractivity contribution >= 4 is 33.4 Å². The molecular formula is C44H71N3O16P2. The van der Waals surface area contributed by atoms with Crippen LogP contribution in [-0.4, -0.2) is 96.9 Å². The lowest BCUT2D eigenvalue weighted by atomic mass is 10.0. The molecule has 8 atom stereocenters. The van der Waals surface area contributed by atoms with Crippen LogP contribution in [-0.2, 0) is 46.3 Å². The maximum Gasteiger partial charge on any atom is 0.481 e. The highest BCUT2D eigenvalue weighted by Crippen LogP contribution is 2.60. The molecule has 368 valence electrons. The zero-order valence-electron chi connectivity index (χ0n) is 37.8. The zero-order valence-corrected chi connectivity index (χ0v) is 39.6. The van der Waals surface area contributed by atoms with E-state index in [9.17, 15) is 48.6 Å². The second-order valence-corrected chi connectivity index (χ2v) is 18.9. The monoisotopic (exact) mass is 959 g/mol. The Balaban J connectivity index is 1.86. The van der Waals surface area contributed by atoms with E-state index in [4.69, 9.17) is 29.0 Å². The first-order valence-corrected chi connectivity index (χ1v) is 25.3. The number of hydrogen-bond donors (Lipinski definition) is 6. The number of carbonyl (C=O) groups is 2. The fourth-order valence-corrected chi connectivity index (χ4v) is 8.26. The minimum atomic E-state index is -5.44. The molecular weight excluding hydrogens is 888 g/mol. The molecule has 1 aromatic rings. The van der Waals surface area contributed by atoms with Crippen molar-refractivity contribution < 1.29 is 71.4 Å². The van der Waals surface area contributed by atoms with Crippen molar-refractivity contribution in [1.29, 1.82) is 0 Å². The number of nitrogens with two attached hydrogens (primary N) is 1. The van der Waals surface area contributed by atoms with E-state index in [-0.39, 0.29) is 18.7 Å². The SMILES string of the molecule is CC/C=C\C/C=C\CC(O)/C=C/C=C\C/C=C\CCCC(=O)OC[C@H](COP(=O)(O)OP(=O)(O)OC[C@H]1O[C@@H](n2ccc(N)nc2=O)[C@H](O)[C@@H]1O)OC(=O)CCCCCCCCC(C)C. The van der Waals surface area contributed by atoms with E-state index >= 15 is 0 Å². The molecule has 65 heavy (non-hydrogen) atoms. The van der Waals surface area contributed by atoms with Gasteiger partial charge in [0.15, 0.2) is 12.3 Å². The first-order chi connectivity index (χ1) is 30.9. The van der Waals surface area contributed by atoms with Gasteiger partial charge in [0, 0.05) is 19.0 Å². The summed E-state index contributed by atoms with van der Waals surface area (Å²) in [5.74, 6) is -0.777. The van der Waals surface area contributed by atoms with Crippen LogP contribution in [0.2, 0.25) is 0 Å². The zero-order chi connectivity index (χ0) is 48.1. The number of anilines is 1. The summed E-state index contributed by atoms with van der Waals surface area (Å²) in [4.78, 5) is 61.5. The Morgan fingerprint density at radius 2 is 1.52 bits per heavy atom. The molecule has 19 nitrogen and oxygen atoms in total. The van der Waals surface area contributed by atoms with Gasteiger partial charge in [-0.25, -0.2) is 13.9 Å². The van der Waals surface area contributed by atoms with Gasteiger partial charge in [-0.3, -0.25) is 23.2 Å². The molecule has 1 aliphatic heterocycles. The number of hydrogen-bond acceptors (Lipinski definition) is 16. The highest BCUT2D eigenvalue weighted by Gasteiger charge is 2.46. The molecule has 1 fully saturated rings. The van der Waals surface area contributed by atoms with Crippen molar-refractivity contribution in [2.45, 2.75) is 154 Å². The number of allylic oxidation sites excluding steroid dienone is 8. The Bertz CT molecular complexity index is 1850. The lowest BCUT2D eigenvalue weighted by Crippen LogP contribution is -2.36. The fraction of sp³-hybridized carbons (Fsp3) is 0.636. The summed E-state index contributed by atoms with van der Waals surface area (Å²) in [6, 6.07) is 1.24. The molecule has 0 bridgehead atoms. The van der Waals surface area contributed by atoms with Gasteiger partial charge < -0.3 is 45.1 Å². The number of unbranched alkanes of at least 4 members (excludes halogenated alkanes) is 6. The summed E-state index contributed by atoms with van der Waals surface area (Å²) in [5, 5.41) is 30.9. The molecule has 0 amide bonds. The highest BCUT2D eigenvalue weighted by molar-refractivity contribution is 7.61. The molecule has 1 saturated heterocycles. The van der Waals surface area contributed by atoms with Crippen LogP contribution in [0, 0.1) is 5.92 Å². The number of carbonyl (C=O) groups excluding carboxylic acids is 2. The van der Waals surface area contributed by atoms with Crippen LogP contribution in [0.15, 0.2) is 77.8 Å². The predicted molar refractivity (Wildman–Crippen MR) is 244 cm³/mol. The number of aromatic nitrogens is 2. The predicted octanol–water partition coefficient (Wildman–Crippen LogP) is 6.82. The lowest BCUT2D eigenvalue weighted by Gasteiger charge is -2.21. The van der Waals surface area contributed by atoms with Crippen LogP contribution in [0.25, 0.3) is 0 Å². The second-order valence-electron chi connectivity index (χ2n) is 15.8. The number of ether oxygens (including phenoxy) is 3. The van der Waals surface area contributed by atoms with Crippen LogP contribution in [0.4, 0.5) is 5.82 Å². The van der Waals surface area contributed by atoms with E-state index in [2.05, 4.69) is 42.2 Å². The van der Waals surface area contributed by atoms with Gasteiger partial charge >= 0.3 is 33.3 Å². The topological polar surface area (TPSA) is 286 Å². The number of aliphatic hydroxyl groups is 3. The number of phosphoric ester groups is 2. The Labute approximate surface area is 382 Å². The Kier molecular flexibility index (Phi) is 28.5. The molecule has 7 N–H and O–H groups in total. The van der Waals surface area contributed by atoms with Crippen molar-refractivity contribution in [2.24, 2.45) is 5.92 Å². The molecule has 0 aliphatic carbocycles. The van der Waals surface area contributed by atoms with Crippen molar-refractivity contribution in [2.75, 3.05) is 25.6 Å². The molecule has 0 aromatic carbocycles. The van der Waals surface area contributed by atoms with Crippen LogP contribution < -0.4 is 11.4 Å². The van der Waals surface area contributed by atoms with Gasteiger partial charge in [0.05, 0.1) is 19.3 Å². The molecule has 21 heteroatoms. The third-order valence-corrected chi connectivity index (χ3v) is 12.2. The maximum absolute atomic E-state index is 12.8. The van der Waals surface area contributed by atoms with Crippen molar-refractivity contribution in [1.82, 2.24) is 9.55 Å². The molecule has 0 radical (unpaired) electrons. The number of aliphatic hydroxyl groups excluding tert-OH is 3. The minimum Gasteiger partial charge on any atom is -0.462 e. The Hall–Kier alpha value is -3.58. The summed E-state index contributed by atoms with van der Waals surface area (Å²) < 4.78 is 56.4. The first kappa shape index (κ1) is 57.5. The van der Waals surface area contributed by atoms with Gasteiger partial charge in [0.2, 0.25) is 0 Å². The van der Waals surface area contributed by atoms with E-state index in [1.807, 2.05) is 36.5 Å². The maximum atomic E-state index is 12.8. The van der Waals surface area contributed by atoms with Gasteiger partial charge in [-0.05, 0) is 56.9 Å². The van der Waals surface area contributed by atoms with Crippen LogP contribution in [0.5, 0.6) is 0 Å². The summed E-state index contributed by atoms with van der Waals surface area (Å²) in [5.41, 5.74) is 4.56. The van der Waals surface area contributed by atoms with Crippen LogP contribution >= 0.6 is 15.6 Å². The number of nitrogens with zero attached hydrogens (tertiary/aromatic N) is 2. The van der Waals surface area contributed by atoms with E-state index in [1.54, 1.807) is 12.2 Å². The van der Waals surface area contributed by atoms with Crippen molar-refractivity contribution in [3.8, 4) is 0 Å². The fourth-order valence-electron chi connectivity index (χ4n) is 6.15. The van der Waals surface area contributed by atoms with Crippen LogP contribution in [0.1, 0.15) is 123 Å². The Morgan fingerprint density at radius 3 is 2.25 bits per heavy atom. The molecule has 3 unspecified atom stereocenters.